The third-order valence-electron chi connectivity index (χ3n) is 3.16. The molecule has 5 nitrogen and oxygen atoms in total. The van der Waals surface area contributed by atoms with Crippen LogP contribution >= 0.6 is 23.2 Å². The van der Waals surface area contributed by atoms with E-state index in [0.717, 1.165) is 10.6 Å². The molecule has 0 atom stereocenters. The van der Waals surface area contributed by atoms with Crippen LogP contribution in [0.3, 0.4) is 0 Å². The molecule has 0 heterocycles. The zero-order chi connectivity index (χ0) is 17.2. The first-order valence-corrected chi connectivity index (χ1v) is 9.10. The van der Waals surface area contributed by atoms with Crippen molar-refractivity contribution in [1.82, 2.24) is 0 Å². The molecule has 2 rings (SSSR count). The zero-order valence-corrected chi connectivity index (χ0v) is 14.7. The Hall–Kier alpha value is -1.76. The molecule has 0 aliphatic carbocycles. The first-order chi connectivity index (χ1) is 10.7. The van der Waals surface area contributed by atoms with E-state index in [9.17, 15) is 13.2 Å². The summed E-state index contributed by atoms with van der Waals surface area (Å²) in [5, 5.41) is 3.36. The van der Waals surface area contributed by atoms with Crippen LogP contribution in [0.25, 0.3) is 0 Å². The van der Waals surface area contributed by atoms with Crippen LogP contribution in [-0.2, 0) is 10.0 Å². The lowest BCUT2D eigenvalue weighted by Crippen LogP contribution is -2.27. The summed E-state index contributed by atoms with van der Waals surface area (Å²) in [6.07, 6.45) is 1.07. The summed E-state index contributed by atoms with van der Waals surface area (Å²) in [5.74, 6) is -0.450. The van der Waals surface area contributed by atoms with Gasteiger partial charge in [0.25, 0.3) is 5.91 Å². The first kappa shape index (κ1) is 17.6. The van der Waals surface area contributed by atoms with Crippen molar-refractivity contribution in [2.24, 2.45) is 0 Å². The van der Waals surface area contributed by atoms with Gasteiger partial charge >= 0.3 is 0 Å². The second-order valence-corrected chi connectivity index (χ2v) is 7.66. The normalized spacial score (nSPS) is 11.1. The third kappa shape index (κ3) is 4.16. The van der Waals surface area contributed by atoms with E-state index >= 15 is 0 Å². The van der Waals surface area contributed by atoms with E-state index in [-0.39, 0.29) is 11.3 Å². The van der Waals surface area contributed by atoms with Gasteiger partial charge in [-0.15, -0.1) is 0 Å². The fourth-order valence-corrected chi connectivity index (χ4v) is 2.71. The zero-order valence-electron chi connectivity index (χ0n) is 12.4. The smallest absolute Gasteiger partial charge is 0.257 e. The fraction of sp³-hybridized carbons (Fsp3) is 0.133. The highest BCUT2D eigenvalue weighted by Crippen LogP contribution is 2.26. The summed E-state index contributed by atoms with van der Waals surface area (Å²) in [7, 11) is -2.09. The summed E-state index contributed by atoms with van der Waals surface area (Å²) >= 11 is 11.7. The lowest BCUT2D eigenvalue weighted by molar-refractivity contribution is 0.102. The predicted octanol–water partition coefficient (Wildman–Crippen LogP) is 3.64. The SMILES string of the molecule is CN(c1ccccc1C(=O)Nc1ccc(Cl)c(Cl)c1)S(C)(=O)=O. The molecular weight excluding hydrogens is 359 g/mol. The molecule has 23 heavy (non-hydrogen) atoms. The third-order valence-corrected chi connectivity index (χ3v) is 5.09. The molecule has 0 unspecified atom stereocenters. The van der Waals surface area contributed by atoms with Crippen molar-refractivity contribution < 1.29 is 13.2 Å². The van der Waals surface area contributed by atoms with Gasteiger partial charge in [0.05, 0.1) is 27.6 Å². The maximum atomic E-state index is 12.5. The topological polar surface area (TPSA) is 66.5 Å². The summed E-state index contributed by atoms with van der Waals surface area (Å²) < 4.78 is 24.5. The molecule has 0 aromatic heterocycles. The Morgan fingerprint density at radius 3 is 2.35 bits per heavy atom. The van der Waals surface area contributed by atoms with Crippen LogP contribution in [0.2, 0.25) is 10.0 Å². The maximum Gasteiger partial charge on any atom is 0.257 e. The molecule has 0 fully saturated rings. The van der Waals surface area contributed by atoms with E-state index < -0.39 is 15.9 Å². The Kier molecular flexibility index (Phi) is 5.19. The lowest BCUT2D eigenvalue weighted by Gasteiger charge is -2.19. The second kappa shape index (κ2) is 6.78. The highest BCUT2D eigenvalue weighted by Gasteiger charge is 2.19. The lowest BCUT2D eigenvalue weighted by atomic mass is 10.1. The Morgan fingerprint density at radius 2 is 1.74 bits per heavy atom. The Bertz CT molecular complexity index is 854. The van der Waals surface area contributed by atoms with Crippen molar-refractivity contribution in [2.45, 2.75) is 0 Å². The van der Waals surface area contributed by atoms with Gasteiger partial charge in [0.1, 0.15) is 0 Å². The molecule has 0 saturated heterocycles. The molecule has 0 radical (unpaired) electrons. The van der Waals surface area contributed by atoms with Gasteiger partial charge < -0.3 is 5.32 Å². The molecule has 0 aliphatic heterocycles. The Balaban J connectivity index is 2.35. The number of anilines is 2. The van der Waals surface area contributed by atoms with Gasteiger partial charge in [-0.2, -0.15) is 0 Å². The van der Waals surface area contributed by atoms with Gasteiger partial charge in [0.15, 0.2) is 0 Å². The Morgan fingerprint density at radius 1 is 1.09 bits per heavy atom. The average Bonchev–Trinajstić information content (AvgIpc) is 2.49. The van der Waals surface area contributed by atoms with Crippen LogP contribution in [0.1, 0.15) is 10.4 Å². The number of para-hydroxylation sites is 1. The quantitative estimate of drug-likeness (QED) is 0.890. The van der Waals surface area contributed by atoms with Gasteiger partial charge in [-0.05, 0) is 30.3 Å². The molecule has 1 N–H and O–H groups in total. The number of rotatable bonds is 4. The molecule has 0 bridgehead atoms. The minimum Gasteiger partial charge on any atom is -0.322 e. The van der Waals surface area contributed by atoms with Crippen LogP contribution in [0.4, 0.5) is 11.4 Å². The molecule has 0 saturated carbocycles. The van der Waals surface area contributed by atoms with Gasteiger partial charge in [0.2, 0.25) is 10.0 Å². The van der Waals surface area contributed by atoms with Crippen LogP contribution in [0, 0.1) is 0 Å². The Labute approximate surface area is 144 Å². The molecule has 2 aromatic carbocycles. The van der Waals surface area contributed by atoms with Gasteiger partial charge in [-0.25, -0.2) is 8.42 Å². The van der Waals surface area contributed by atoms with Crippen molar-refractivity contribution in [3.8, 4) is 0 Å². The van der Waals surface area contributed by atoms with Crippen molar-refractivity contribution in [1.29, 1.82) is 0 Å². The van der Waals surface area contributed by atoms with Crippen molar-refractivity contribution in [3.63, 3.8) is 0 Å². The van der Waals surface area contributed by atoms with Crippen LogP contribution in [0.15, 0.2) is 42.5 Å². The molecular formula is C15H14Cl2N2O3S. The van der Waals surface area contributed by atoms with Gasteiger partial charge in [-0.3, -0.25) is 9.10 Å². The molecule has 0 spiro atoms. The van der Waals surface area contributed by atoms with E-state index in [1.54, 1.807) is 36.4 Å². The molecule has 122 valence electrons. The van der Waals surface area contributed by atoms with Crippen LogP contribution in [0.5, 0.6) is 0 Å². The van der Waals surface area contributed by atoms with E-state index in [1.165, 1.54) is 13.1 Å². The number of sulfonamides is 1. The molecule has 2 aromatic rings. The van der Waals surface area contributed by atoms with Crippen LogP contribution in [-0.4, -0.2) is 27.6 Å². The number of benzene rings is 2. The summed E-state index contributed by atoms with van der Waals surface area (Å²) in [6.45, 7) is 0. The molecule has 0 aliphatic rings. The van der Waals surface area contributed by atoms with E-state index in [1.807, 2.05) is 0 Å². The van der Waals surface area contributed by atoms with Gasteiger partial charge in [-0.1, -0.05) is 35.3 Å². The van der Waals surface area contributed by atoms with E-state index in [0.29, 0.717) is 15.7 Å². The maximum absolute atomic E-state index is 12.5. The minimum absolute atomic E-state index is 0.228. The molecule has 8 heteroatoms. The number of hydrogen-bond donors (Lipinski definition) is 1. The summed E-state index contributed by atoms with van der Waals surface area (Å²) in [4.78, 5) is 12.5. The monoisotopic (exact) mass is 372 g/mol. The predicted molar refractivity (Wildman–Crippen MR) is 94.1 cm³/mol. The average molecular weight is 373 g/mol. The standard InChI is InChI=1S/C15H14Cl2N2O3S/c1-19(23(2,21)22)14-6-4-3-5-11(14)15(20)18-10-7-8-12(16)13(17)9-10/h3-9H,1-2H3,(H,18,20). The second-order valence-electron chi connectivity index (χ2n) is 4.83. The largest absolute Gasteiger partial charge is 0.322 e. The number of carbonyl (C=O) groups excluding carboxylic acids is 1. The minimum atomic E-state index is -3.48. The van der Waals surface area contributed by atoms with Crippen molar-refractivity contribution in [3.05, 3.63) is 58.1 Å². The summed E-state index contributed by atoms with van der Waals surface area (Å²) in [5.41, 5.74) is 0.972. The molecule has 1 amide bonds. The summed E-state index contributed by atoms with van der Waals surface area (Å²) in [6, 6.07) is 11.1. The first-order valence-electron chi connectivity index (χ1n) is 6.49. The number of carbonyl (C=O) groups is 1. The number of amides is 1. The van der Waals surface area contributed by atoms with Crippen molar-refractivity contribution >= 4 is 50.5 Å². The highest BCUT2D eigenvalue weighted by atomic mass is 35.5. The number of hydrogen-bond acceptors (Lipinski definition) is 3. The fourth-order valence-electron chi connectivity index (χ4n) is 1.89. The highest BCUT2D eigenvalue weighted by molar-refractivity contribution is 7.92. The van der Waals surface area contributed by atoms with Crippen LogP contribution < -0.4 is 9.62 Å². The number of nitrogens with zero attached hydrogens (tertiary/aromatic N) is 1. The van der Waals surface area contributed by atoms with Gasteiger partial charge in [0, 0.05) is 12.7 Å². The van der Waals surface area contributed by atoms with E-state index in [2.05, 4.69) is 5.32 Å². The van der Waals surface area contributed by atoms with E-state index in [4.69, 9.17) is 23.2 Å². The number of halogens is 2. The number of nitrogens with one attached hydrogen (secondary N) is 1. The van der Waals surface area contributed by atoms with Crippen molar-refractivity contribution in [2.75, 3.05) is 22.9 Å².